The van der Waals surface area contributed by atoms with Gasteiger partial charge in [-0.3, -0.25) is 9.79 Å². The number of carbonyl (C=O) groups excluding carboxylic acids is 1. The summed E-state index contributed by atoms with van der Waals surface area (Å²) in [5, 5.41) is 3.51. The van der Waals surface area contributed by atoms with Gasteiger partial charge in [-0.25, -0.2) is 4.39 Å². The molecule has 0 amide bonds. The summed E-state index contributed by atoms with van der Waals surface area (Å²) >= 11 is 0. The van der Waals surface area contributed by atoms with Crippen LogP contribution >= 0.6 is 24.0 Å². The maximum Gasteiger partial charge on any atom is 0.308 e. The highest BCUT2D eigenvalue weighted by Crippen LogP contribution is 2.34. The average molecular weight is 519 g/mol. The van der Waals surface area contributed by atoms with E-state index in [9.17, 15) is 9.18 Å². The summed E-state index contributed by atoms with van der Waals surface area (Å²) in [5.74, 6) is 0.451. The molecule has 29 heavy (non-hydrogen) atoms. The molecule has 0 atom stereocenters. The van der Waals surface area contributed by atoms with Crippen molar-refractivity contribution in [1.82, 2.24) is 10.2 Å². The average Bonchev–Trinajstić information content (AvgIpc) is 2.74. The fourth-order valence-electron chi connectivity index (χ4n) is 4.22. The smallest absolute Gasteiger partial charge is 0.308 e. The van der Waals surface area contributed by atoms with E-state index in [-0.39, 0.29) is 47.1 Å². The molecule has 2 saturated heterocycles. The van der Waals surface area contributed by atoms with Gasteiger partial charge in [0, 0.05) is 45.3 Å². The molecule has 2 aliphatic rings. The number of aliphatic imine (C=N–C) groups is 1. The zero-order valence-electron chi connectivity index (χ0n) is 17.2. The Hall–Kier alpha value is -1.42. The number of nitrogens with one attached hydrogen (secondary N) is 1. The summed E-state index contributed by atoms with van der Waals surface area (Å²) in [7, 11) is 3.21. The van der Waals surface area contributed by atoms with Gasteiger partial charge in [0.1, 0.15) is 5.82 Å². The predicted molar refractivity (Wildman–Crippen MR) is 121 cm³/mol. The number of rotatable bonds is 4. The molecule has 0 unspecified atom stereocenters. The maximum absolute atomic E-state index is 13.9. The number of halogens is 2. The molecule has 0 saturated carbocycles. The minimum absolute atomic E-state index is 0. The lowest BCUT2D eigenvalue weighted by atomic mass is 9.74. The minimum Gasteiger partial charge on any atom is -0.469 e. The highest BCUT2D eigenvalue weighted by molar-refractivity contribution is 14.0. The lowest BCUT2D eigenvalue weighted by Crippen LogP contribution is -2.51. The van der Waals surface area contributed by atoms with E-state index in [1.807, 2.05) is 6.07 Å². The number of piperidine rings is 1. The quantitative estimate of drug-likeness (QED) is 0.287. The van der Waals surface area contributed by atoms with Crippen LogP contribution in [0.1, 0.15) is 31.2 Å². The van der Waals surface area contributed by atoms with Gasteiger partial charge in [-0.2, -0.15) is 0 Å². The SMILES string of the molecule is CN=C(NCC1(c2cccc(F)c2)CCOCC1)N1CCC(C(=O)OC)CC1.I. The molecule has 0 aliphatic carbocycles. The fourth-order valence-corrected chi connectivity index (χ4v) is 4.22. The standard InChI is InChI=1S/C21H30FN3O3.HI/c1-23-20(25-10-6-16(7-11-25)19(26)27-2)24-15-21(8-12-28-13-9-21)17-4-3-5-18(22)14-17;/h3-5,14,16H,6-13,15H2,1-2H3,(H,23,24);1H. The van der Waals surface area contributed by atoms with Crippen LogP contribution in [0.4, 0.5) is 4.39 Å². The molecule has 2 fully saturated rings. The van der Waals surface area contributed by atoms with Crippen LogP contribution in [-0.2, 0) is 19.7 Å². The third-order valence-electron chi connectivity index (χ3n) is 6.01. The van der Waals surface area contributed by atoms with E-state index in [1.54, 1.807) is 19.2 Å². The Balaban J connectivity index is 0.00000300. The van der Waals surface area contributed by atoms with Gasteiger partial charge < -0.3 is 19.7 Å². The zero-order valence-corrected chi connectivity index (χ0v) is 19.5. The molecule has 0 spiro atoms. The highest BCUT2D eigenvalue weighted by atomic mass is 127. The van der Waals surface area contributed by atoms with E-state index in [4.69, 9.17) is 9.47 Å². The van der Waals surface area contributed by atoms with Crippen LogP contribution in [-0.4, -0.2) is 63.8 Å². The lowest BCUT2D eigenvalue weighted by molar-refractivity contribution is -0.146. The molecule has 2 aliphatic heterocycles. The number of guanidine groups is 1. The first-order valence-electron chi connectivity index (χ1n) is 9.95. The first kappa shape index (κ1) is 23.9. The number of hydrogen-bond donors (Lipinski definition) is 1. The van der Waals surface area contributed by atoms with E-state index in [2.05, 4.69) is 15.2 Å². The number of likely N-dealkylation sites (tertiary alicyclic amines) is 1. The van der Waals surface area contributed by atoms with E-state index in [1.165, 1.54) is 13.2 Å². The third-order valence-corrected chi connectivity index (χ3v) is 6.01. The molecule has 0 bridgehead atoms. The number of benzene rings is 1. The number of hydrogen-bond acceptors (Lipinski definition) is 4. The molecule has 3 rings (SSSR count). The molecule has 6 nitrogen and oxygen atoms in total. The van der Waals surface area contributed by atoms with Crippen LogP contribution in [0.3, 0.4) is 0 Å². The number of carbonyl (C=O) groups is 1. The van der Waals surface area contributed by atoms with E-state index in [0.717, 1.165) is 50.3 Å². The molecular weight excluding hydrogens is 488 g/mol. The molecule has 8 heteroatoms. The Morgan fingerprint density at radius 1 is 1.34 bits per heavy atom. The fraction of sp³-hybridized carbons (Fsp3) is 0.619. The van der Waals surface area contributed by atoms with Crippen LogP contribution in [0.2, 0.25) is 0 Å². The molecular formula is C21H31FIN3O3. The zero-order chi connectivity index (χ0) is 20.0. The predicted octanol–water partition coefficient (Wildman–Crippen LogP) is 2.95. The van der Waals surface area contributed by atoms with Gasteiger partial charge in [-0.1, -0.05) is 12.1 Å². The van der Waals surface area contributed by atoms with Gasteiger partial charge in [-0.15, -0.1) is 24.0 Å². The number of ether oxygens (including phenoxy) is 2. The van der Waals surface area contributed by atoms with Crippen molar-refractivity contribution >= 4 is 35.9 Å². The summed E-state index contributed by atoms with van der Waals surface area (Å²) in [6.07, 6.45) is 3.20. The van der Waals surface area contributed by atoms with Crippen LogP contribution in [0.15, 0.2) is 29.3 Å². The van der Waals surface area contributed by atoms with E-state index < -0.39 is 0 Å². The Kier molecular flexibility index (Phi) is 9.13. The summed E-state index contributed by atoms with van der Waals surface area (Å²) in [5.41, 5.74) is 0.823. The highest BCUT2D eigenvalue weighted by Gasteiger charge is 2.35. The summed E-state index contributed by atoms with van der Waals surface area (Å²) in [6, 6.07) is 6.89. The molecule has 162 valence electrons. The van der Waals surface area contributed by atoms with Crippen LogP contribution in [0.5, 0.6) is 0 Å². The molecule has 1 aromatic rings. The molecule has 1 N–H and O–H groups in total. The van der Waals surface area contributed by atoms with Crippen molar-refractivity contribution in [3.8, 4) is 0 Å². The first-order valence-corrected chi connectivity index (χ1v) is 9.95. The van der Waals surface area contributed by atoms with Crippen molar-refractivity contribution in [1.29, 1.82) is 0 Å². The summed E-state index contributed by atoms with van der Waals surface area (Å²) < 4.78 is 24.3. The second-order valence-electron chi connectivity index (χ2n) is 7.59. The normalized spacial score (nSPS) is 20.0. The molecule has 0 aromatic heterocycles. The molecule has 0 radical (unpaired) electrons. The van der Waals surface area contributed by atoms with E-state index >= 15 is 0 Å². The lowest BCUT2D eigenvalue weighted by Gasteiger charge is -2.40. The third kappa shape index (κ3) is 5.81. The van der Waals surface area contributed by atoms with Crippen LogP contribution < -0.4 is 5.32 Å². The topological polar surface area (TPSA) is 63.2 Å². The summed E-state index contributed by atoms with van der Waals surface area (Å²) in [6.45, 7) is 3.52. The Bertz CT molecular complexity index is 702. The number of esters is 1. The number of nitrogens with zero attached hydrogens (tertiary/aromatic N) is 2. The first-order chi connectivity index (χ1) is 13.6. The number of methoxy groups -OCH3 is 1. The van der Waals surface area contributed by atoms with Crippen molar-refractivity contribution in [2.75, 3.05) is 47.0 Å². The van der Waals surface area contributed by atoms with Crippen molar-refractivity contribution in [2.24, 2.45) is 10.9 Å². The molecule has 1 aromatic carbocycles. The van der Waals surface area contributed by atoms with Crippen molar-refractivity contribution in [3.05, 3.63) is 35.6 Å². The summed E-state index contributed by atoms with van der Waals surface area (Å²) in [4.78, 5) is 18.4. The van der Waals surface area contributed by atoms with E-state index in [0.29, 0.717) is 19.8 Å². The van der Waals surface area contributed by atoms with Gasteiger partial charge in [0.15, 0.2) is 5.96 Å². The van der Waals surface area contributed by atoms with Crippen molar-refractivity contribution < 1.29 is 18.7 Å². The Morgan fingerprint density at radius 3 is 2.62 bits per heavy atom. The maximum atomic E-state index is 13.9. The van der Waals surface area contributed by atoms with Crippen molar-refractivity contribution in [2.45, 2.75) is 31.1 Å². The van der Waals surface area contributed by atoms with Crippen LogP contribution in [0.25, 0.3) is 0 Å². The molecule has 2 heterocycles. The van der Waals surface area contributed by atoms with Gasteiger partial charge in [0.25, 0.3) is 0 Å². The van der Waals surface area contributed by atoms with Gasteiger partial charge in [0.2, 0.25) is 0 Å². The van der Waals surface area contributed by atoms with Gasteiger partial charge in [-0.05, 0) is 43.4 Å². The van der Waals surface area contributed by atoms with Crippen molar-refractivity contribution in [3.63, 3.8) is 0 Å². The monoisotopic (exact) mass is 519 g/mol. The Labute approximate surface area is 189 Å². The second-order valence-corrected chi connectivity index (χ2v) is 7.59. The largest absolute Gasteiger partial charge is 0.469 e. The van der Waals surface area contributed by atoms with Gasteiger partial charge >= 0.3 is 5.97 Å². The minimum atomic E-state index is -0.211. The van der Waals surface area contributed by atoms with Crippen LogP contribution in [0, 0.1) is 11.7 Å². The van der Waals surface area contributed by atoms with Gasteiger partial charge in [0.05, 0.1) is 13.0 Å². The second kappa shape index (κ2) is 11.1. The Morgan fingerprint density at radius 2 is 2.03 bits per heavy atom.